The molecule has 4 heteroatoms. The van der Waals surface area contributed by atoms with E-state index >= 15 is 0 Å². The van der Waals surface area contributed by atoms with Gasteiger partial charge >= 0.3 is 0 Å². The Morgan fingerprint density at radius 1 is 1.32 bits per heavy atom. The molecule has 0 aliphatic carbocycles. The second-order valence-electron chi connectivity index (χ2n) is 4.69. The van der Waals surface area contributed by atoms with Crippen molar-refractivity contribution in [3.63, 3.8) is 0 Å². The standard InChI is InChI=1S/C15H23BrN2O/c1-3-4-7-10-17-15(19)12(2)18-11-13-8-5-6-9-14(13)16/h5-6,8-9,12,18H,3-4,7,10-11H2,1-2H3,(H,17,19). The molecule has 0 heterocycles. The minimum atomic E-state index is -0.172. The van der Waals surface area contributed by atoms with Crippen LogP contribution in [0.1, 0.15) is 38.7 Å². The number of nitrogens with one attached hydrogen (secondary N) is 2. The molecule has 0 saturated carbocycles. The van der Waals surface area contributed by atoms with Gasteiger partial charge in [-0.15, -0.1) is 0 Å². The summed E-state index contributed by atoms with van der Waals surface area (Å²) >= 11 is 3.50. The van der Waals surface area contributed by atoms with Gasteiger partial charge < -0.3 is 10.6 Å². The zero-order chi connectivity index (χ0) is 14.1. The first-order valence-electron chi connectivity index (χ1n) is 6.89. The Bertz CT molecular complexity index is 395. The first-order chi connectivity index (χ1) is 9.15. The van der Waals surface area contributed by atoms with E-state index < -0.39 is 0 Å². The van der Waals surface area contributed by atoms with Gasteiger partial charge in [-0.2, -0.15) is 0 Å². The number of halogens is 1. The van der Waals surface area contributed by atoms with Crippen LogP contribution in [0.15, 0.2) is 28.7 Å². The van der Waals surface area contributed by atoms with Crippen LogP contribution in [0.5, 0.6) is 0 Å². The molecule has 1 aromatic carbocycles. The summed E-state index contributed by atoms with van der Waals surface area (Å²) in [6.07, 6.45) is 3.39. The van der Waals surface area contributed by atoms with Crippen LogP contribution < -0.4 is 10.6 Å². The van der Waals surface area contributed by atoms with Crippen LogP contribution in [0.3, 0.4) is 0 Å². The van der Waals surface area contributed by atoms with Crippen molar-refractivity contribution >= 4 is 21.8 Å². The van der Waals surface area contributed by atoms with Crippen LogP contribution in [-0.2, 0) is 11.3 Å². The Morgan fingerprint density at radius 3 is 2.74 bits per heavy atom. The van der Waals surface area contributed by atoms with Gasteiger partial charge in [0, 0.05) is 17.6 Å². The van der Waals surface area contributed by atoms with Crippen LogP contribution in [0.4, 0.5) is 0 Å². The number of benzene rings is 1. The molecule has 1 atom stereocenters. The van der Waals surface area contributed by atoms with Crippen molar-refractivity contribution in [1.29, 1.82) is 0 Å². The highest BCUT2D eigenvalue weighted by atomic mass is 79.9. The maximum atomic E-state index is 11.8. The van der Waals surface area contributed by atoms with E-state index in [1.165, 1.54) is 12.8 Å². The molecule has 3 nitrogen and oxygen atoms in total. The molecule has 0 radical (unpaired) electrons. The molecule has 0 bridgehead atoms. The summed E-state index contributed by atoms with van der Waals surface area (Å²) in [7, 11) is 0. The number of rotatable bonds is 8. The minimum absolute atomic E-state index is 0.0724. The van der Waals surface area contributed by atoms with Gasteiger partial charge in [0.05, 0.1) is 6.04 Å². The first-order valence-corrected chi connectivity index (χ1v) is 7.69. The van der Waals surface area contributed by atoms with Crippen molar-refractivity contribution < 1.29 is 4.79 Å². The summed E-state index contributed by atoms with van der Waals surface area (Å²) in [6.45, 7) is 5.51. The summed E-state index contributed by atoms with van der Waals surface area (Å²) < 4.78 is 1.07. The number of hydrogen-bond donors (Lipinski definition) is 2. The minimum Gasteiger partial charge on any atom is -0.355 e. The van der Waals surface area contributed by atoms with Crippen LogP contribution in [0, 0.1) is 0 Å². The van der Waals surface area contributed by atoms with E-state index in [2.05, 4.69) is 33.5 Å². The zero-order valence-electron chi connectivity index (χ0n) is 11.7. The lowest BCUT2D eigenvalue weighted by molar-refractivity contribution is -0.122. The number of unbranched alkanes of at least 4 members (excludes halogenated alkanes) is 2. The first kappa shape index (κ1) is 16.2. The van der Waals surface area contributed by atoms with Crippen molar-refractivity contribution in [3.8, 4) is 0 Å². The smallest absolute Gasteiger partial charge is 0.236 e. The summed E-state index contributed by atoms with van der Waals surface area (Å²) in [5, 5.41) is 6.19. The maximum absolute atomic E-state index is 11.8. The van der Waals surface area contributed by atoms with E-state index in [1.54, 1.807) is 0 Å². The largest absolute Gasteiger partial charge is 0.355 e. The molecule has 0 spiro atoms. The van der Waals surface area contributed by atoms with E-state index in [1.807, 2.05) is 31.2 Å². The van der Waals surface area contributed by atoms with Gasteiger partial charge in [-0.3, -0.25) is 4.79 Å². The summed E-state index contributed by atoms with van der Waals surface area (Å²) in [5.74, 6) is 0.0724. The Morgan fingerprint density at radius 2 is 2.05 bits per heavy atom. The summed E-state index contributed by atoms with van der Waals surface area (Å²) in [4.78, 5) is 11.8. The summed E-state index contributed by atoms with van der Waals surface area (Å²) in [5.41, 5.74) is 1.16. The van der Waals surface area contributed by atoms with E-state index in [0.29, 0.717) is 6.54 Å². The molecular weight excluding hydrogens is 304 g/mol. The topological polar surface area (TPSA) is 41.1 Å². The highest BCUT2D eigenvalue weighted by Gasteiger charge is 2.11. The molecule has 1 rings (SSSR count). The van der Waals surface area contributed by atoms with Crippen molar-refractivity contribution in [1.82, 2.24) is 10.6 Å². The third-order valence-electron chi connectivity index (χ3n) is 3.03. The number of carbonyl (C=O) groups excluding carboxylic acids is 1. The lowest BCUT2D eigenvalue weighted by atomic mass is 10.2. The van der Waals surface area contributed by atoms with Crippen LogP contribution in [0.25, 0.3) is 0 Å². The number of hydrogen-bond acceptors (Lipinski definition) is 2. The van der Waals surface area contributed by atoms with E-state index in [-0.39, 0.29) is 11.9 Å². The van der Waals surface area contributed by atoms with Gasteiger partial charge in [-0.1, -0.05) is 53.9 Å². The zero-order valence-corrected chi connectivity index (χ0v) is 13.3. The Kier molecular flexibility index (Phi) is 7.75. The van der Waals surface area contributed by atoms with Gasteiger partial charge in [0.25, 0.3) is 0 Å². The molecule has 1 aromatic rings. The number of carbonyl (C=O) groups is 1. The van der Waals surface area contributed by atoms with Crippen molar-refractivity contribution in [2.75, 3.05) is 6.54 Å². The van der Waals surface area contributed by atoms with E-state index in [0.717, 1.165) is 23.0 Å². The lowest BCUT2D eigenvalue weighted by Gasteiger charge is -2.14. The van der Waals surface area contributed by atoms with Gasteiger partial charge in [-0.05, 0) is 25.0 Å². The third kappa shape index (κ3) is 6.21. The fraction of sp³-hybridized carbons (Fsp3) is 0.533. The lowest BCUT2D eigenvalue weighted by Crippen LogP contribution is -2.42. The highest BCUT2D eigenvalue weighted by Crippen LogP contribution is 2.15. The fourth-order valence-corrected chi connectivity index (χ4v) is 2.16. The molecule has 0 aliphatic rings. The second kappa shape index (κ2) is 9.10. The van der Waals surface area contributed by atoms with Gasteiger partial charge in [-0.25, -0.2) is 0 Å². The fourth-order valence-electron chi connectivity index (χ4n) is 1.74. The molecule has 0 fully saturated rings. The summed E-state index contributed by atoms with van der Waals surface area (Å²) in [6, 6.07) is 7.86. The molecule has 1 amide bonds. The molecule has 106 valence electrons. The Balaban J connectivity index is 2.28. The maximum Gasteiger partial charge on any atom is 0.236 e. The normalized spacial score (nSPS) is 12.2. The van der Waals surface area contributed by atoms with E-state index in [4.69, 9.17) is 0 Å². The third-order valence-corrected chi connectivity index (χ3v) is 3.80. The quantitative estimate of drug-likeness (QED) is 0.720. The predicted octanol–water partition coefficient (Wildman–Crippen LogP) is 3.23. The van der Waals surface area contributed by atoms with Gasteiger partial charge in [0.1, 0.15) is 0 Å². The SMILES string of the molecule is CCCCCNC(=O)C(C)NCc1ccccc1Br. The average Bonchev–Trinajstić information content (AvgIpc) is 2.42. The monoisotopic (exact) mass is 326 g/mol. The molecule has 2 N–H and O–H groups in total. The van der Waals surface area contributed by atoms with Crippen molar-refractivity contribution in [2.45, 2.75) is 45.7 Å². The van der Waals surface area contributed by atoms with Crippen LogP contribution >= 0.6 is 15.9 Å². The second-order valence-corrected chi connectivity index (χ2v) is 5.55. The molecule has 0 aromatic heterocycles. The Hall–Kier alpha value is -0.870. The van der Waals surface area contributed by atoms with Crippen molar-refractivity contribution in [3.05, 3.63) is 34.3 Å². The molecular formula is C15H23BrN2O. The van der Waals surface area contributed by atoms with Crippen LogP contribution in [-0.4, -0.2) is 18.5 Å². The highest BCUT2D eigenvalue weighted by molar-refractivity contribution is 9.10. The van der Waals surface area contributed by atoms with E-state index in [9.17, 15) is 4.79 Å². The number of amides is 1. The van der Waals surface area contributed by atoms with Gasteiger partial charge in [0.15, 0.2) is 0 Å². The molecule has 0 aliphatic heterocycles. The van der Waals surface area contributed by atoms with Gasteiger partial charge in [0.2, 0.25) is 5.91 Å². The molecule has 0 saturated heterocycles. The Labute approximate surface area is 124 Å². The molecule has 1 unspecified atom stereocenters. The molecule has 19 heavy (non-hydrogen) atoms. The van der Waals surface area contributed by atoms with Crippen LogP contribution in [0.2, 0.25) is 0 Å². The average molecular weight is 327 g/mol. The van der Waals surface area contributed by atoms with Crippen molar-refractivity contribution in [2.24, 2.45) is 0 Å². The predicted molar refractivity (Wildman–Crippen MR) is 83.0 cm³/mol.